The SMILES string of the molecule is CN=C(NCc1ccccc1)NCC1(c2ccccc2F)CC1. The van der Waals surface area contributed by atoms with Crippen LogP contribution in [0.2, 0.25) is 0 Å². The number of rotatable bonds is 5. The molecule has 0 atom stereocenters. The first-order chi connectivity index (χ1) is 11.2. The molecule has 0 radical (unpaired) electrons. The number of nitrogens with zero attached hydrogens (tertiary/aromatic N) is 1. The molecule has 0 amide bonds. The lowest BCUT2D eigenvalue weighted by molar-refractivity contribution is 0.559. The van der Waals surface area contributed by atoms with Gasteiger partial charge >= 0.3 is 0 Å². The fraction of sp³-hybridized carbons (Fsp3) is 0.316. The van der Waals surface area contributed by atoms with E-state index in [-0.39, 0.29) is 11.2 Å². The van der Waals surface area contributed by atoms with E-state index in [0.29, 0.717) is 13.1 Å². The van der Waals surface area contributed by atoms with Gasteiger partial charge in [0.15, 0.2) is 5.96 Å². The first-order valence-electron chi connectivity index (χ1n) is 7.97. The minimum Gasteiger partial charge on any atom is -0.356 e. The van der Waals surface area contributed by atoms with E-state index < -0.39 is 0 Å². The fourth-order valence-electron chi connectivity index (χ4n) is 2.84. The van der Waals surface area contributed by atoms with Gasteiger partial charge in [0.2, 0.25) is 0 Å². The molecule has 3 rings (SSSR count). The summed E-state index contributed by atoms with van der Waals surface area (Å²) < 4.78 is 14.0. The number of benzene rings is 2. The van der Waals surface area contributed by atoms with Gasteiger partial charge in [-0.2, -0.15) is 0 Å². The van der Waals surface area contributed by atoms with Crippen molar-refractivity contribution in [2.45, 2.75) is 24.8 Å². The van der Waals surface area contributed by atoms with E-state index in [1.165, 1.54) is 11.6 Å². The maximum absolute atomic E-state index is 14.0. The molecule has 1 fully saturated rings. The van der Waals surface area contributed by atoms with Gasteiger partial charge in [-0.05, 0) is 30.0 Å². The Balaban J connectivity index is 1.57. The zero-order valence-electron chi connectivity index (χ0n) is 13.3. The zero-order chi connectivity index (χ0) is 16.1. The molecule has 0 unspecified atom stereocenters. The van der Waals surface area contributed by atoms with Gasteiger partial charge in [0.05, 0.1) is 0 Å². The summed E-state index contributed by atoms with van der Waals surface area (Å²) in [5, 5.41) is 6.64. The highest BCUT2D eigenvalue weighted by Crippen LogP contribution is 2.48. The van der Waals surface area contributed by atoms with E-state index in [4.69, 9.17) is 0 Å². The summed E-state index contributed by atoms with van der Waals surface area (Å²) in [6, 6.07) is 17.3. The van der Waals surface area contributed by atoms with E-state index in [2.05, 4.69) is 27.8 Å². The minimum absolute atomic E-state index is 0.0876. The Labute approximate surface area is 136 Å². The predicted octanol–water partition coefficient (Wildman–Crippen LogP) is 3.22. The number of halogens is 1. The summed E-state index contributed by atoms with van der Waals surface area (Å²) in [7, 11) is 1.75. The van der Waals surface area contributed by atoms with Crippen LogP contribution in [0.5, 0.6) is 0 Å². The summed E-state index contributed by atoms with van der Waals surface area (Å²) in [6.45, 7) is 1.41. The van der Waals surface area contributed by atoms with E-state index in [0.717, 1.165) is 24.4 Å². The molecule has 2 aromatic rings. The molecule has 1 aliphatic carbocycles. The van der Waals surface area contributed by atoms with Crippen molar-refractivity contribution in [2.75, 3.05) is 13.6 Å². The first kappa shape index (κ1) is 15.5. The molecule has 0 aromatic heterocycles. The Kier molecular flexibility index (Phi) is 4.60. The van der Waals surface area contributed by atoms with E-state index in [1.54, 1.807) is 13.1 Å². The van der Waals surface area contributed by atoms with Crippen LogP contribution in [0.4, 0.5) is 4.39 Å². The second-order valence-corrected chi connectivity index (χ2v) is 6.03. The summed E-state index contributed by atoms with van der Waals surface area (Å²) in [5.41, 5.74) is 1.92. The Morgan fingerprint density at radius 3 is 2.39 bits per heavy atom. The summed E-state index contributed by atoms with van der Waals surface area (Å²) in [4.78, 5) is 4.25. The quantitative estimate of drug-likeness (QED) is 0.657. The second kappa shape index (κ2) is 6.82. The van der Waals surface area contributed by atoms with Crippen LogP contribution in [-0.4, -0.2) is 19.6 Å². The Morgan fingerprint density at radius 2 is 1.74 bits per heavy atom. The Bertz CT molecular complexity index is 678. The Morgan fingerprint density at radius 1 is 1.04 bits per heavy atom. The first-order valence-corrected chi connectivity index (χ1v) is 7.97. The fourth-order valence-corrected chi connectivity index (χ4v) is 2.84. The van der Waals surface area contributed by atoms with Gasteiger partial charge in [0.25, 0.3) is 0 Å². The molecule has 120 valence electrons. The predicted molar refractivity (Wildman–Crippen MR) is 92.0 cm³/mol. The lowest BCUT2D eigenvalue weighted by Crippen LogP contribution is -2.41. The highest BCUT2D eigenvalue weighted by atomic mass is 19.1. The van der Waals surface area contributed by atoms with Gasteiger partial charge in [0.1, 0.15) is 5.82 Å². The second-order valence-electron chi connectivity index (χ2n) is 6.03. The van der Waals surface area contributed by atoms with Crippen LogP contribution in [0, 0.1) is 5.82 Å². The minimum atomic E-state index is -0.112. The van der Waals surface area contributed by atoms with Crippen LogP contribution in [-0.2, 0) is 12.0 Å². The van der Waals surface area contributed by atoms with Gasteiger partial charge in [-0.3, -0.25) is 4.99 Å². The molecule has 0 saturated heterocycles. The summed E-state index contributed by atoms with van der Waals surface area (Å²) in [5.74, 6) is 0.635. The lowest BCUT2D eigenvalue weighted by Gasteiger charge is -2.19. The molecule has 0 aliphatic heterocycles. The molecular formula is C19H22FN3. The Hall–Kier alpha value is -2.36. The maximum atomic E-state index is 14.0. The molecule has 2 N–H and O–H groups in total. The average molecular weight is 311 g/mol. The van der Waals surface area contributed by atoms with E-state index in [1.807, 2.05) is 30.3 Å². The number of guanidine groups is 1. The van der Waals surface area contributed by atoms with Crippen LogP contribution >= 0.6 is 0 Å². The van der Waals surface area contributed by atoms with Crippen LogP contribution in [0.3, 0.4) is 0 Å². The number of hydrogen-bond donors (Lipinski definition) is 2. The number of aliphatic imine (C=N–C) groups is 1. The molecule has 1 saturated carbocycles. The third-order valence-electron chi connectivity index (χ3n) is 4.42. The normalized spacial score (nSPS) is 16.0. The van der Waals surface area contributed by atoms with Crippen molar-refractivity contribution in [1.29, 1.82) is 0 Å². The smallest absolute Gasteiger partial charge is 0.191 e. The lowest BCUT2D eigenvalue weighted by atomic mass is 9.95. The highest BCUT2D eigenvalue weighted by Gasteiger charge is 2.45. The largest absolute Gasteiger partial charge is 0.356 e. The third-order valence-corrected chi connectivity index (χ3v) is 4.42. The monoisotopic (exact) mass is 311 g/mol. The molecular weight excluding hydrogens is 289 g/mol. The molecule has 23 heavy (non-hydrogen) atoms. The summed E-state index contributed by atoms with van der Waals surface area (Å²) in [6.07, 6.45) is 2.02. The third kappa shape index (κ3) is 3.70. The summed E-state index contributed by atoms with van der Waals surface area (Å²) >= 11 is 0. The molecule has 0 bridgehead atoms. The van der Waals surface area contributed by atoms with Crippen LogP contribution in [0.15, 0.2) is 59.6 Å². The zero-order valence-corrected chi connectivity index (χ0v) is 13.3. The maximum Gasteiger partial charge on any atom is 0.191 e. The van der Waals surface area contributed by atoms with Crippen LogP contribution in [0.1, 0.15) is 24.0 Å². The highest BCUT2D eigenvalue weighted by molar-refractivity contribution is 5.79. The van der Waals surface area contributed by atoms with Crippen molar-refractivity contribution < 1.29 is 4.39 Å². The van der Waals surface area contributed by atoms with Crippen LogP contribution in [0.25, 0.3) is 0 Å². The van der Waals surface area contributed by atoms with Crippen molar-refractivity contribution in [3.63, 3.8) is 0 Å². The number of hydrogen-bond acceptors (Lipinski definition) is 1. The van der Waals surface area contributed by atoms with Crippen molar-refractivity contribution >= 4 is 5.96 Å². The topological polar surface area (TPSA) is 36.4 Å². The van der Waals surface area contributed by atoms with E-state index in [9.17, 15) is 4.39 Å². The molecule has 2 aromatic carbocycles. The van der Waals surface area contributed by atoms with Crippen molar-refractivity contribution in [2.24, 2.45) is 4.99 Å². The van der Waals surface area contributed by atoms with Crippen molar-refractivity contribution in [3.8, 4) is 0 Å². The van der Waals surface area contributed by atoms with Crippen molar-refractivity contribution in [3.05, 3.63) is 71.5 Å². The molecule has 4 heteroatoms. The molecule has 3 nitrogen and oxygen atoms in total. The van der Waals surface area contributed by atoms with Crippen molar-refractivity contribution in [1.82, 2.24) is 10.6 Å². The van der Waals surface area contributed by atoms with Gasteiger partial charge in [-0.15, -0.1) is 0 Å². The molecule has 1 aliphatic rings. The number of nitrogens with one attached hydrogen (secondary N) is 2. The van der Waals surface area contributed by atoms with Crippen LogP contribution < -0.4 is 10.6 Å². The molecule has 0 heterocycles. The van der Waals surface area contributed by atoms with Gasteiger partial charge < -0.3 is 10.6 Å². The van der Waals surface area contributed by atoms with Gasteiger partial charge in [-0.25, -0.2) is 4.39 Å². The van der Waals surface area contributed by atoms with E-state index >= 15 is 0 Å². The van der Waals surface area contributed by atoms with Gasteiger partial charge in [-0.1, -0.05) is 48.5 Å². The average Bonchev–Trinajstić information content (AvgIpc) is 3.37. The van der Waals surface area contributed by atoms with Gasteiger partial charge in [0, 0.05) is 25.6 Å². The molecule has 0 spiro atoms. The standard InChI is InChI=1S/C19H22FN3/c1-21-18(22-13-15-7-3-2-4-8-15)23-14-19(11-12-19)16-9-5-6-10-17(16)20/h2-10H,11-14H2,1H3,(H2,21,22,23).